The molecule has 0 radical (unpaired) electrons. The number of nitrogens with one attached hydrogen (secondary N) is 1. The molecule has 0 heterocycles. The molecule has 1 aromatic carbocycles. The normalized spacial score (nSPS) is 10.2. The maximum Gasteiger partial charge on any atom is 0.220 e. The van der Waals surface area contributed by atoms with Crippen molar-refractivity contribution in [2.75, 3.05) is 6.54 Å². The van der Waals surface area contributed by atoms with Gasteiger partial charge in [-0.25, -0.2) is 0 Å². The van der Waals surface area contributed by atoms with Gasteiger partial charge in [0.15, 0.2) is 5.78 Å². The van der Waals surface area contributed by atoms with Crippen LogP contribution in [0, 0.1) is 6.92 Å². The number of carbonyl (C=O) groups is 2. The highest BCUT2D eigenvalue weighted by Crippen LogP contribution is 2.07. The zero-order valence-electron chi connectivity index (χ0n) is 11.9. The lowest BCUT2D eigenvalue weighted by atomic mass is 10.0. The molecule has 0 saturated carbocycles. The highest BCUT2D eigenvalue weighted by Gasteiger charge is 2.08. The molecule has 1 rings (SSSR count). The van der Waals surface area contributed by atoms with Crippen LogP contribution in [0.5, 0.6) is 0 Å². The number of amides is 1. The molecular weight excluding hydrogens is 238 g/mol. The van der Waals surface area contributed by atoms with Gasteiger partial charge in [0.05, 0.1) is 0 Å². The summed E-state index contributed by atoms with van der Waals surface area (Å²) in [4.78, 5) is 23.4. The summed E-state index contributed by atoms with van der Waals surface area (Å²) in [6.45, 7) is 4.82. The Kier molecular flexibility index (Phi) is 6.86. The van der Waals surface area contributed by atoms with Gasteiger partial charge in [-0.3, -0.25) is 9.59 Å². The van der Waals surface area contributed by atoms with Gasteiger partial charge in [-0.05, 0) is 13.3 Å². The molecule has 104 valence electrons. The number of aryl methyl sites for hydroxylation is 1. The van der Waals surface area contributed by atoms with E-state index in [4.69, 9.17) is 0 Å². The predicted octanol–water partition coefficient (Wildman–Crippen LogP) is 3.26. The first-order valence-corrected chi connectivity index (χ1v) is 7.00. The standard InChI is InChI=1S/C16H23NO2/c1-3-4-5-12-17-16(19)11-10-15(18)14-8-6-13(2)7-9-14/h6-9H,3-5,10-12H2,1-2H3,(H,17,19). The Hall–Kier alpha value is -1.64. The van der Waals surface area contributed by atoms with E-state index in [1.807, 2.05) is 31.2 Å². The van der Waals surface area contributed by atoms with E-state index >= 15 is 0 Å². The second-order valence-corrected chi connectivity index (χ2v) is 4.85. The lowest BCUT2D eigenvalue weighted by Crippen LogP contribution is -2.24. The summed E-state index contributed by atoms with van der Waals surface area (Å²) in [5.74, 6) is 0.000253. The van der Waals surface area contributed by atoms with Crippen LogP contribution in [0.25, 0.3) is 0 Å². The Bertz CT molecular complexity index is 409. The number of Topliss-reactive ketones (excluding diaryl/α,β-unsaturated/α-hetero) is 1. The summed E-state index contributed by atoms with van der Waals surface area (Å²) in [5.41, 5.74) is 1.81. The minimum atomic E-state index is -0.0310. The van der Waals surface area contributed by atoms with Crippen molar-refractivity contribution in [3.8, 4) is 0 Å². The molecular formula is C16H23NO2. The fourth-order valence-corrected chi connectivity index (χ4v) is 1.80. The van der Waals surface area contributed by atoms with Gasteiger partial charge in [0.25, 0.3) is 0 Å². The molecule has 1 N–H and O–H groups in total. The van der Waals surface area contributed by atoms with E-state index in [1.54, 1.807) is 0 Å². The predicted molar refractivity (Wildman–Crippen MR) is 77.3 cm³/mol. The number of hydrogen-bond acceptors (Lipinski definition) is 2. The summed E-state index contributed by atoms with van der Waals surface area (Å²) in [6.07, 6.45) is 3.83. The number of hydrogen-bond donors (Lipinski definition) is 1. The van der Waals surface area contributed by atoms with Crippen LogP contribution in [0.1, 0.15) is 54.9 Å². The van der Waals surface area contributed by atoms with Gasteiger partial charge in [-0.2, -0.15) is 0 Å². The molecule has 0 aliphatic carbocycles. The largest absolute Gasteiger partial charge is 0.356 e. The maximum atomic E-state index is 11.9. The number of benzene rings is 1. The number of unbranched alkanes of at least 4 members (excludes halogenated alkanes) is 2. The molecule has 0 spiro atoms. The minimum absolute atomic E-state index is 0.0310. The van der Waals surface area contributed by atoms with Crippen LogP contribution < -0.4 is 5.32 Å². The highest BCUT2D eigenvalue weighted by molar-refractivity contribution is 5.97. The number of rotatable bonds is 8. The van der Waals surface area contributed by atoms with E-state index in [1.165, 1.54) is 0 Å². The number of carbonyl (C=O) groups excluding carboxylic acids is 2. The molecule has 1 aromatic rings. The average Bonchev–Trinajstić information content (AvgIpc) is 2.42. The van der Waals surface area contributed by atoms with Gasteiger partial charge in [-0.1, -0.05) is 49.6 Å². The van der Waals surface area contributed by atoms with Gasteiger partial charge in [0.2, 0.25) is 5.91 Å². The Morgan fingerprint density at radius 1 is 1.05 bits per heavy atom. The summed E-state index contributed by atoms with van der Waals surface area (Å²) >= 11 is 0. The molecule has 3 nitrogen and oxygen atoms in total. The van der Waals surface area contributed by atoms with Crippen molar-refractivity contribution in [1.82, 2.24) is 5.32 Å². The van der Waals surface area contributed by atoms with E-state index in [9.17, 15) is 9.59 Å². The minimum Gasteiger partial charge on any atom is -0.356 e. The lowest BCUT2D eigenvalue weighted by Gasteiger charge is -2.04. The first-order valence-electron chi connectivity index (χ1n) is 7.00. The van der Waals surface area contributed by atoms with Crippen LogP contribution in [0.15, 0.2) is 24.3 Å². The maximum absolute atomic E-state index is 11.9. The molecule has 0 atom stereocenters. The Balaban J connectivity index is 2.26. The van der Waals surface area contributed by atoms with Gasteiger partial charge in [0, 0.05) is 24.9 Å². The average molecular weight is 261 g/mol. The zero-order valence-corrected chi connectivity index (χ0v) is 11.9. The Morgan fingerprint density at radius 3 is 2.37 bits per heavy atom. The van der Waals surface area contributed by atoms with Crippen LogP contribution in [0.3, 0.4) is 0 Å². The summed E-state index contributed by atoms with van der Waals surface area (Å²) in [5, 5.41) is 2.84. The Morgan fingerprint density at radius 2 is 1.74 bits per heavy atom. The van der Waals surface area contributed by atoms with Crippen molar-refractivity contribution in [2.24, 2.45) is 0 Å². The van der Waals surface area contributed by atoms with Crippen LogP contribution in [-0.4, -0.2) is 18.2 Å². The molecule has 1 amide bonds. The number of ketones is 1. The summed E-state index contributed by atoms with van der Waals surface area (Å²) in [6, 6.07) is 7.46. The first kappa shape index (κ1) is 15.4. The molecule has 0 aromatic heterocycles. The molecule has 0 bridgehead atoms. The molecule has 0 aliphatic heterocycles. The smallest absolute Gasteiger partial charge is 0.220 e. The quantitative estimate of drug-likeness (QED) is 0.576. The molecule has 0 fully saturated rings. The van der Waals surface area contributed by atoms with Crippen LogP contribution >= 0.6 is 0 Å². The third kappa shape index (κ3) is 6.18. The molecule has 0 saturated heterocycles. The molecule has 3 heteroatoms. The molecule has 0 aliphatic rings. The van der Waals surface area contributed by atoms with Crippen LogP contribution in [0.4, 0.5) is 0 Å². The van der Waals surface area contributed by atoms with Crippen molar-refractivity contribution >= 4 is 11.7 Å². The van der Waals surface area contributed by atoms with E-state index < -0.39 is 0 Å². The van der Waals surface area contributed by atoms with Crippen LogP contribution in [0.2, 0.25) is 0 Å². The third-order valence-electron chi connectivity index (χ3n) is 3.06. The van der Waals surface area contributed by atoms with E-state index in [0.29, 0.717) is 12.1 Å². The molecule has 19 heavy (non-hydrogen) atoms. The van der Waals surface area contributed by atoms with Gasteiger partial charge in [-0.15, -0.1) is 0 Å². The lowest BCUT2D eigenvalue weighted by molar-refractivity contribution is -0.121. The summed E-state index contributed by atoms with van der Waals surface area (Å²) < 4.78 is 0. The third-order valence-corrected chi connectivity index (χ3v) is 3.06. The topological polar surface area (TPSA) is 46.2 Å². The van der Waals surface area contributed by atoms with E-state index in [-0.39, 0.29) is 24.5 Å². The van der Waals surface area contributed by atoms with Gasteiger partial charge in [0.1, 0.15) is 0 Å². The van der Waals surface area contributed by atoms with Gasteiger partial charge < -0.3 is 5.32 Å². The SMILES string of the molecule is CCCCCNC(=O)CCC(=O)c1ccc(C)cc1. The molecule has 0 unspecified atom stereocenters. The first-order chi connectivity index (χ1) is 9.13. The second-order valence-electron chi connectivity index (χ2n) is 4.85. The fraction of sp³-hybridized carbons (Fsp3) is 0.500. The summed E-state index contributed by atoms with van der Waals surface area (Å²) in [7, 11) is 0. The Labute approximate surface area is 115 Å². The highest BCUT2D eigenvalue weighted by atomic mass is 16.2. The van der Waals surface area contributed by atoms with Crippen molar-refractivity contribution in [2.45, 2.75) is 46.0 Å². The fourth-order valence-electron chi connectivity index (χ4n) is 1.80. The monoisotopic (exact) mass is 261 g/mol. The van der Waals surface area contributed by atoms with Crippen molar-refractivity contribution in [3.63, 3.8) is 0 Å². The van der Waals surface area contributed by atoms with Crippen molar-refractivity contribution < 1.29 is 9.59 Å². The zero-order chi connectivity index (χ0) is 14.1. The van der Waals surface area contributed by atoms with E-state index in [2.05, 4.69) is 12.2 Å². The second kappa shape index (κ2) is 8.46. The van der Waals surface area contributed by atoms with Gasteiger partial charge >= 0.3 is 0 Å². The van der Waals surface area contributed by atoms with Crippen molar-refractivity contribution in [3.05, 3.63) is 35.4 Å². The van der Waals surface area contributed by atoms with Crippen molar-refractivity contribution in [1.29, 1.82) is 0 Å². The van der Waals surface area contributed by atoms with Crippen LogP contribution in [-0.2, 0) is 4.79 Å². The van der Waals surface area contributed by atoms with E-state index in [0.717, 1.165) is 24.8 Å².